The second-order valence-corrected chi connectivity index (χ2v) is 5.45. The van der Waals surface area contributed by atoms with Crippen molar-refractivity contribution in [3.8, 4) is 0 Å². The molecule has 1 aliphatic heterocycles. The monoisotopic (exact) mass is 246 g/mol. The molecule has 3 nitrogen and oxygen atoms in total. The highest BCUT2D eigenvalue weighted by Crippen LogP contribution is 2.26. The minimum Gasteiger partial charge on any atom is -0.326 e. The number of hydrogen-bond acceptors (Lipinski definition) is 2. The highest BCUT2D eigenvalue weighted by atomic mass is 16.1. The van der Waals surface area contributed by atoms with Gasteiger partial charge in [-0.15, -0.1) is 0 Å². The first kappa shape index (κ1) is 13.1. The average Bonchev–Trinajstić information content (AvgIpc) is 2.69. The smallest absolute Gasteiger partial charge is 0.224 e. The Morgan fingerprint density at radius 1 is 1.33 bits per heavy atom. The third-order valence-corrected chi connectivity index (χ3v) is 3.22. The van der Waals surface area contributed by atoms with Crippen molar-refractivity contribution < 1.29 is 4.79 Å². The summed E-state index contributed by atoms with van der Waals surface area (Å²) in [5.41, 5.74) is 3.67. The van der Waals surface area contributed by atoms with Gasteiger partial charge in [0.2, 0.25) is 5.91 Å². The third kappa shape index (κ3) is 3.10. The molecule has 0 radical (unpaired) electrons. The molecule has 0 aromatic heterocycles. The van der Waals surface area contributed by atoms with Crippen molar-refractivity contribution in [2.75, 3.05) is 11.9 Å². The molecule has 0 aliphatic carbocycles. The number of nitrogens with zero attached hydrogens (tertiary/aromatic N) is 1. The Bertz CT molecular complexity index is 440. The van der Waals surface area contributed by atoms with Crippen LogP contribution in [0.3, 0.4) is 0 Å². The van der Waals surface area contributed by atoms with E-state index in [-0.39, 0.29) is 5.91 Å². The fraction of sp³-hybridized carbons (Fsp3) is 0.533. The first-order chi connectivity index (χ1) is 8.58. The molecule has 2 rings (SSSR count). The lowest BCUT2D eigenvalue weighted by Crippen LogP contribution is -2.21. The van der Waals surface area contributed by atoms with Gasteiger partial charge in [0.1, 0.15) is 0 Å². The Kier molecular flexibility index (Phi) is 4.02. The average molecular weight is 246 g/mol. The molecule has 1 aliphatic rings. The normalized spacial score (nSPS) is 14.9. The van der Waals surface area contributed by atoms with Gasteiger partial charge in [-0.25, -0.2) is 0 Å². The van der Waals surface area contributed by atoms with E-state index in [1.54, 1.807) is 0 Å². The van der Waals surface area contributed by atoms with E-state index in [0.29, 0.717) is 12.3 Å². The molecule has 0 unspecified atom stereocenters. The van der Waals surface area contributed by atoms with E-state index in [0.717, 1.165) is 25.3 Å². The maximum Gasteiger partial charge on any atom is 0.224 e. The number of nitrogens with one attached hydrogen (secondary N) is 1. The molecule has 1 aromatic carbocycles. The Morgan fingerprint density at radius 3 is 2.72 bits per heavy atom. The molecule has 0 saturated heterocycles. The SMILES string of the molecule is CCC(=O)Nc1ccc2c(c1)CN(CC(C)C)C2. The molecule has 1 N–H and O–H groups in total. The van der Waals surface area contributed by atoms with Gasteiger partial charge in [0.25, 0.3) is 0 Å². The van der Waals surface area contributed by atoms with Gasteiger partial charge in [-0.2, -0.15) is 0 Å². The summed E-state index contributed by atoms with van der Waals surface area (Å²) in [6, 6.07) is 6.26. The Hall–Kier alpha value is -1.35. The number of fused-ring (bicyclic) bond motifs is 1. The van der Waals surface area contributed by atoms with Crippen LogP contribution in [-0.4, -0.2) is 17.4 Å². The largest absolute Gasteiger partial charge is 0.326 e. The molecule has 1 amide bonds. The zero-order valence-corrected chi connectivity index (χ0v) is 11.5. The molecular weight excluding hydrogens is 224 g/mol. The molecule has 0 saturated carbocycles. The molecule has 98 valence electrons. The van der Waals surface area contributed by atoms with Crippen LogP contribution in [0.1, 0.15) is 38.3 Å². The predicted octanol–water partition coefficient (Wildman–Crippen LogP) is 3.01. The van der Waals surface area contributed by atoms with Crippen molar-refractivity contribution in [1.29, 1.82) is 0 Å². The number of amides is 1. The number of rotatable bonds is 4. The summed E-state index contributed by atoms with van der Waals surface area (Å²) in [5, 5.41) is 2.92. The van der Waals surface area contributed by atoms with E-state index >= 15 is 0 Å². The second kappa shape index (κ2) is 5.53. The summed E-state index contributed by atoms with van der Waals surface area (Å²) in [4.78, 5) is 13.8. The van der Waals surface area contributed by atoms with Crippen LogP contribution in [0.5, 0.6) is 0 Å². The number of anilines is 1. The molecule has 18 heavy (non-hydrogen) atoms. The number of benzene rings is 1. The van der Waals surface area contributed by atoms with Crippen LogP contribution < -0.4 is 5.32 Å². The lowest BCUT2D eigenvalue weighted by Gasteiger charge is -2.16. The van der Waals surface area contributed by atoms with E-state index in [4.69, 9.17) is 0 Å². The Morgan fingerprint density at radius 2 is 2.06 bits per heavy atom. The van der Waals surface area contributed by atoms with E-state index in [1.165, 1.54) is 11.1 Å². The van der Waals surface area contributed by atoms with E-state index in [1.807, 2.05) is 13.0 Å². The van der Waals surface area contributed by atoms with Crippen LogP contribution >= 0.6 is 0 Å². The zero-order valence-electron chi connectivity index (χ0n) is 11.5. The van der Waals surface area contributed by atoms with Crippen LogP contribution in [0.25, 0.3) is 0 Å². The number of carbonyl (C=O) groups excluding carboxylic acids is 1. The summed E-state index contributed by atoms with van der Waals surface area (Å²) in [7, 11) is 0. The molecule has 0 atom stereocenters. The van der Waals surface area contributed by atoms with Gasteiger partial charge in [0, 0.05) is 31.7 Å². The summed E-state index contributed by atoms with van der Waals surface area (Å²) in [5.74, 6) is 0.769. The quantitative estimate of drug-likeness (QED) is 0.885. The van der Waals surface area contributed by atoms with Crippen LogP contribution in [-0.2, 0) is 17.9 Å². The minimum atomic E-state index is 0.0759. The predicted molar refractivity (Wildman–Crippen MR) is 74.3 cm³/mol. The van der Waals surface area contributed by atoms with Crippen molar-refractivity contribution in [2.45, 2.75) is 40.3 Å². The number of carbonyl (C=O) groups is 1. The summed E-state index contributed by atoms with van der Waals surface area (Å²) in [6.07, 6.45) is 0.524. The Balaban J connectivity index is 2.05. The van der Waals surface area contributed by atoms with Gasteiger partial charge < -0.3 is 5.32 Å². The topological polar surface area (TPSA) is 32.3 Å². The lowest BCUT2D eigenvalue weighted by molar-refractivity contribution is -0.115. The highest BCUT2D eigenvalue weighted by Gasteiger charge is 2.19. The standard InChI is InChI=1S/C15H22N2O/c1-4-15(18)16-14-6-5-12-9-17(8-11(2)3)10-13(12)7-14/h5-7,11H,4,8-10H2,1-3H3,(H,16,18). The molecule has 1 aromatic rings. The van der Waals surface area contributed by atoms with Gasteiger partial charge in [-0.3, -0.25) is 9.69 Å². The zero-order chi connectivity index (χ0) is 13.1. The summed E-state index contributed by atoms with van der Waals surface area (Å²) < 4.78 is 0. The molecule has 0 fully saturated rings. The lowest BCUT2D eigenvalue weighted by atomic mass is 10.1. The number of hydrogen-bond donors (Lipinski definition) is 1. The summed E-state index contributed by atoms with van der Waals surface area (Å²) in [6.45, 7) is 9.53. The second-order valence-electron chi connectivity index (χ2n) is 5.45. The van der Waals surface area contributed by atoms with E-state index in [9.17, 15) is 4.79 Å². The molecule has 0 spiro atoms. The first-order valence-corrected chi connectivity index (χ1v) is 6.72. The molecular formula is C15H22N2O. The maximum atomic E-state index is 11.4. The van der Waals surface area contributed by atoms with Crippen LogP contribution in [0.15, 0.2) is 18.2 Å². The van der Waals surface area contributed by atoms with Gasteiger partial charge in [-0.1, -0.05) is 26.8 Å². The minimum absolute atomic E-state index is 0.0759. The van der Waals surface area contributed by atoms with Crippen molar-refractivity contribution in [2.24, 2.45) is 5.92 Å². The Labute approximate surface area is 109 Å². The fourth-order valence-corrected chi connectivity index (χ4v) is 2.44. The summed E-state index contributed by atoms with van der Waals surface area (Å²) >= 11 is 0. The van der Waals surface area contributed by atoms with Crippen molar-refractivity contribution >= 4 is 11.6 Å². The fourth-order valence-electron chi connectivity index (χ4n) is 2.44. The van der Waals surface area contributed by atoms with Crippen molar-refractivity contribution in [3.05, 3.63) is 29.3 Å². The van der Waals surface area contributed by atoms with Crippen LogP contribution in [0, 0.1) is 5.92 Å². The first-order valence-electron chi connectivity index (χ1n) is 6.72. The van der Waals surface area contributed by atoms with Crippen molar-refractivity contribution in [3.63, 3.8) is 0 Å². The molecule has 1 heterocycles. The van der Waals surface area contributed by atoms with Gasteiger partial charge in [0.05, 0.1) is 0 Å². The van der Waals surface area contributed by atoms with Crippen molar-refractivity contribution in [1.82, 2.24) is 4.90 Å². The van der Waals surface area contributed by atoms with Crippen LogP contribution in [0.2, 0.25) is 0 Å². The van der Waals surface area contributed by atoms with Gasteiger partial charge >= 0.3 is 0 Å². The molecule has 0 bridgehead atoms. The third-order valence-electron chi connectivity index (χ3n) is 3.22. The molecule has 3 heteroatoms. The maximum absolute atomic E-state index is 11.4. The van der Waals surface area contributed by atoms with Gasteiger partial charge in [0.15, 0.2) is 0 Å². The van der Waals surface area contributed by atoms with E-state index in [2.05, 4.69) is 36.2 Å². The van der Waals surface area contributed by atoms with E-state index < -0.39 is 0 Å². The highest BCUT2D eigenvalue weighted by molar-refractivity contribution is 5.90. The van der Waals surface area contributed by atoms with Crippen LogP contribution in [0.4, 0.5) is 5.69 Å². The van der Waals surface area contributed by atoms with Gasteiger partial charge in [-0.05, 0) is 29.2 Å².